The van der Waals surface area contributed by atoms with Crippen LogP contribution in [0.4, 0.5) is 15.8 Å². The topological polar surface area (TPSA) is 92.3 Å². The number of halogens is 3. The van der Waals surface area contributed by atoms with E-state index in [0.29, 0.717) is 5.56 Å². The van der Waals surface area contributed by atoms with Crippen LogP contribution in [-0.2, 0) is 20.0 Å². The van der Waals surface area contributed by atoms with Crippen molar-refractivity contribution in [2.45, 2.75) is 16.7 Å². The maximum Gasteiger partial charge on any atom is 0.261 e. The van der Waals surface area contributed by atoms with E-state index in [4.69, 9.17) is 23.2 Å². The summed E-state index contributed by atoms with van der Waals surface area (Å²) in [7, 11) is -7.93. The van der Waals surface area contributed by atoms with Gasteiger partial charge in [-0.05, 0) is 73.2 Å². The van der Waals surface area contributed by atoms with E-state index in [0.717, 1.165) is 6.07 Å². The lowest BCUT2D eigenvalue weighted by Gasteiger charge is -2.11. The first kappa shape index (κ1) is 22.4. The average molecular weight is 489 g/mol. The highest BCUT2D eigenvalue weighted by Gasteiger charge is 2.18. The van der Waals surface area contributed by atoms with Crippen molar-refractivity contribution >= 4 is 54.6 Å². The van der Waals surface area contributed by atoms with Gasteiger partial charge in [-0.1, -0.05) is 23.2 Å². The summed E-state index contributed by atoms with van der Waals surface area (Å²) in [6.45, 7) is 1.52. The third kappa shape index (κ3) is 5.23. The van der Waals surface area contributed by atoms with E-state index in [9.17, 15) is 21.2 Å². The summed E-state index contributed by atoms with van der Waals surface area (Å²) in [6.07, 6.45) is 0. The van der Waals surface area contributed by atoms with Crippen LogP contribution in [0.5, 0.6) is 0 Å². The molecule has 0 saturated carbocycles. The minimum Gasteiger partial charge on any atom is -0.280 e. The standard InChI is InChI=1S/C19H15Cl2FN2O4S2/c1-12-8-16(4-7-19(12)22)24-29(25,26)17-5-2-15(3-6-17)23-30(27,28)18-10-13(20)9-14(21)11-18/h2-11,23-24H,1H3. The van der Waals surface area contributed by atoms with Crippen LogP contribution in [0.1, 0.15) is 5.56 Å². The number of sulfonamides is 2. The van der Waals surface area contributed by atoms with Crippen molar-refractivity contribution in [1.82, 2.24) is 0 Å². The highest BCUT2D eigenvalue weighted by molar-refractivity contribution is 7.93. The van der Waals surface area contributed by atoms with Crippen molar-refractivity contribution in [2.75, 3.05) is 9.44 Å². The monoisotopic (exact) mass is 488 g/mol. The molecule has 2 N–H and O–H groups in total. The zero-order chi connectivity index (χ0) is 22.1. The average Bonchev–Trinajstić information content (AvgIpc) is 2.64. The van der Waals surface area contributed by atoms with E-state index in [2.05, 4.69) is 9.44 Å². The molecule has 11 heteroatoms. The number of rotatable bonds is 6. The fourth-order valence-electron chi connectivity index (χ4n) is 2.52. The van der Waals surface area contributed by atoms with E-state index >= 15 is 0 Å². The number of hydrogen-bond acceptors (Lipinski definition) is 4. The van der Waals surface area contributed by atoms with Crippen molar-refractivity contribution in [3.05, 3.63) is 82.1 Å². The SMILES string of the molecule is Cc1cc(NS(=O)(=O)c2ccc(NS(=O)(=O)c3cc(Cl)cc(Cl)c3)cc2)ccc1F. The molecule has 0 bridgehead atoms. The summed E-state index contributed by atoms with van der Waals surface area (Å²) in [5, 5.41) is 0.317. The van der Waals surface area contributed by atoms with E-state index in [1.807, 2.05) is 0 Å². The van der Waals surface area contributed by atoms with Crippen LogP contribution in [-0.4, -0.2) is 16.8 Å². The lowest BCUT2D eigenvalue weighted by atomic mass is 10.2. The van der Waals surface area contributed by atoms with Gasteiger partial charge in [0.15, 0.2) is 0 Å². The Morgan fingerprint density at radius 2 is 1.20 bits per heavy atom. The molecule has 158 valence electrons. The Bertz CT molecular complexity index is 1290. The van der Waals surface area contributed by atoms with Crippen molar-refractivity contribution < 1.29 is 21.2 Å². The third-order valence-electron chi connectivity index (χ3n) is 3.97. The molecule has 0 spiro atoms. The highest BCUT2D eigenvalue weighted by Crippen LogP contribution is 2.25. The molecule has 0 saturated heterocycles. The van der Waals surface area contributed by atoms with Crippen molar-refractivity contribution in [3.63, 3.8) is 0 Å². The maximum atomic E-state index is 13.4. The largest absolute Gasteiger partial charge is 0.280 e. The lowest BCUT2D eigenvalue weighted by Crippen LogP contribution is -2.15. The summed E-state index contributed by atoms with van der Waals surface area (Å²) in [5.74, 6) is -0.449. The van der Waals surface area contributed by atoms with Gasteiger partial charge in [-0.2, -0.15) is 0 Å². The first-order valence-electron chi connectivity index (χ1n) is 8.34. The van der Waals surface area contributed by atoms with Crippen LogP contribution < -0.4 is 9.44 Å². The molecule has 0 aliphatic carbocycles. The van der Waals surface area contributed by atoms with Gasteiger partial charge in [0.2, 0.25) is 0 Å². The molecule has 3 aromatic rings. The van der Waals surface area contributed by atoms with Crippen molar-refractivity contribution in [3.8, 4) is 0 Å². The summed E-state index contributed by atoms with van der Waals surface area (Å²) in [4.78, 5) is -0.233. The minimum atomic E-state index is -3.98. The second-order valence-corrected chi connectivity index (χ2v) is 10.5. The molecule has 0 aromatic heterocycles. The number of aryl methyl sites for hydroxylation is 1. The van der Waals surface area contributed by atoms with Gasteiger partial charge in [0, 0.05) is 21.4 Å². The van der Waals surface area contributed by atoms with Crippen LogP contribution in [0.2, 0.25) is 10.0 Å². The van der Waals surface area contributed by atoms with Crippen molar-refractivity contribution in [2.24, 2.45) is 0 Å². The Morgan fingerprint density at radius 3 is 1.77 bits per heavy atom. The first-order valence-corrected chi connectivity index (χ1v) is 12.1. The van der Waals surface area contributed by atoms with E-state index in [-0.39, 0.29) is 31.2 Å². The van der Waals surface area contributed by atoms with Crippen LogP contribution >= 0.6 is 23.2 Å². The number of anilines is 2. The molecule has 0 aliphatic rings. The normalized spacial score (nSPS) is 11.9. The molecule has 6 nitrogen and oxygen atoms in total. The van der Waals surface area contributed by atoms with Gasteiger partial charge < -0.3 is 0 Å². The Hall–Kier alpha value is -2.33. The minimum absolute atomic E-state index is 0.0989. The summed E-state index contributed by atoms with van der Waals surface area (Å²) < 4.78 is 68.1. The predicted molar refractivity (Wildman–Crippen MR) is 116 cm³/mol. The second kappa shape index (κ2) is 8.43. The molecular formula is C19H15Cl2FN2O4S2. The van der Waals surface area contributed by atoms with Gasteiger partial charge in [0.25, 0.3) is 20.0 Å². The highest BCUT2D eigenvalue weighted by atomic mass is 35.5. The number of hydrogen-bond donors (Lipinski definition) is 2. The molecule has 3 rings (SSSR count). The predicted octanol–water partition coefficient (Wildman–Crippen LogP) is 5.04. The van der Waals surface area contributed by atoms with Crippen LogP contribution in [0.3, 0.4) is 0 Å². The summed E-state index contributed by atoms with van der Waals surface area (Å²) >= 11 is 11.7. The van der Waals surface area contributed by atoms with Gasteiger partial charge in [-0.25, -0.2) is 21.2 Å². The Kier molecular flexibility index (Phi) is 6.28. The zero-order valence-electron chi connectivity index (χ0n) is 15.4. The Balaban J connectivity index is 1.80. The summed E-state index contributed by atoms with van der Waals surface area (Å²) in [5.41, 5.74) is 0.639. The Morgan fingerprint density at radius 1 is 0.700 bits per heavy atom. The van der Waals surface area contributed by atoms with Crippen LogP contribution in [0.25, 0.3) is 0 Å². The zero-order valence-corrected chi connectivity index (χ0v) is 18.5. The number of nitrogens with one attached hydrogen (secondary N) is 2. The fraction of sp³-hybridized carbons (Fsp3) is 0.0526. The molecule has 30 heavy (non-hydrogen) atoms. The smallest absolute Gasteiger partial charge is 0.261 e. The molecule has 0 atom stereocenters. The molecule has 0 aliphatic heterocycles. The van der Waals surface area contributed by atoms with Gasteiger partial charge >= 0.3 is 0 Å². The quantitative estimate of drug-likeness (QED) is 0.508. The molecule has 0 heterocycles. The second-order valence-electron chi connectivity index (χ2n) is 6.30. The first-order chi connectivity index (χ1) is 14.0. The van der Waals surface area contributed by atoms with Gasteiger partial charge in [0.1, 0.15) is 5.82 Å². The van der Waals surface area contributed by atoms with E-state index < -0.39 is 25.9 Å². The molecule has 0 fully saturated rings. The fourth-order valence-corrected chi connectivity index (χ4v) is 5.36. The van der Waals surface area contributed by atoms with Gasteiger partial charge in [-0.15, -0.1) is 0 Å². The third-order valence-corrected chi connectivity index (χ3v) is 7.17. The van der Waals surface area contributed by atoms with Crippen LogP contribution in [0, 0.1) is 12.7 Å². The lowest BCUT2D eigenvalue weighted by molar-refractivity contribution is 0.600. The number of benzene rings is 3. The van der Waals surface area contributed by atoms with Gasteiger partial charge in [-0.3, -0.25) is 9.44 Å². The molecule has 0 radical (unpaired) electrons. The summed E-state index contributed by atoms with van der Waals surface area (Å²) in [6, 6.07) is 12.8. The van der Waals surface area contributed by atoms with Crippen LogP contribution in [0.15, 0.2) is 70.5 Å². The molecule has 0 unspecified atom stereocenters. The van der Waals surface area contributed by atoms with Gasteiger partial charge in [0.05, 0.1) is 9.79 Å². The van der Waals surface area contributed by atoms with Crippen molar-refractivity contribution in [1.29, 1.82) is 0 Å². The van der Waals surface area contributed by atoms with E-state index in [1.54, 1.807) is 0 Å². The van der Waals surface area contributed by atoms with E-state index in [1.165, 1.54) is 61.5 Å². The molecule has 0 amide bonds. The molecule has 3 aromatic carbocycles. The molecular weight excluding hydrogens is 474 g/mol. The Labute approximate surface area is 183 Å². The maximum absolute atomic E-state index is 13.4.